The molecule has 2 aromatic heterocycles. The summed E-state index contributed by atoms with van der Waals surface area (Å²) in [4.78, 5) is 17.9. The van der Waals surface area contributed by atoms with Gasteiger partial charge in [0.05, 0.1) is 22.6 Å². The minimum absolute atomic E-state index is 0.0107. The number of methoxy groups -OCH3 is 1. The molecule has 0 spiro atoms. The fraction of sp³-hybridized carbons (Fsp3) is 0.167. The number of hydrogen-bond acceptors (Lipinski definition) is 5. The highest BCUT2D eigenvalue weighted by Crippen LogP contribution is 2.30. The number of nitrogens with zero attached hydrogens (tertiary/aromatic N) is 4. The van der Waals surface area contributed by atoms with Gasteiger partial charge in [-0.05, 0) is 12.1 Å². The van der Waals surface area contributed by atoms with E-state index < -0.39 is 4.92 Å². The quantitative estimate of drug-likeness (QED) is 0.589. The first-order valence-electron chi connectivity index (χ1n) is 5.97. The molecule has 2 heterocycles. The number of aromatic nitrogens is 4. The summed E-state index contributed by atoms with van der Waals surface area (Å²) >= 11 is 6.07. The van der Waals surface area contributed by atoms with E-state index in [-0.39, 0.29) is 23.1 Å². The number of rotatable bonds is 4. The Morgan fingerprint density at radius 2 is 2.24 bits per heavy atom. The summed E-state index contributed by atoms with van der Waals surface area (Å²) in [7, 11) is 1.43. The molecule has 0 radical (unpaired) electrons. The third-order valence-corrected chi connectivity index (χ3v) is 3.26. The standard InChI is InChI=1S/C12H10ClN5O3/c1-21-6-9-10(18(19)20)11(13)17(16-9)12-14-7-4-2-3-5-8(7)15-12/h2-5H,6H2,1H3,(H,14,15). The van der Waals surface area contributed by atoms with Gasteiger partial charge in [0, 0.05) is 7.11 Å². The van der Waals surface area contributed by atoms with Crippen LogP contribution in [0.4, 0.5) is 5.69 Å². The summed E-state index contributed by atoms with van der Waals surface area (Å²) in [6.07, 6.45) is 0. The van der Waals surface area contributed by atoms with E-state index in [1.807, 2.05) is 24.3 Å². The molecule has 0 unspecified atom stereocenters. The summed E-state index contributed by atoms with van der Waals surface area (Å²) in [5, 5.41) is 15.1. The van der Waals surface area contributed by atoms with Crippen LogP contribution in [0.1, 0.15) is 5.69 Å². The Balaban J connectivity index is 2.17. The van der Waals surface area contributed by atoms with E-state index in [0.717, 1.165) is 11.0 Å². The lowest BCUT2D eigenvalue weighted by Gasteiger charge is -1.95. The van der Waals surface area contributed by atoms with Crippen LogP contribution in [-0.2, 0) is 11.3 Å². The van der Waals surface area contributed by atoms with Gasteiger partial charge in [-0.25, -0.2) is 4.98 Å². The van der Waals surface area contributed by atoms with Crippen LogP contribution in [0.25, 0.3) is 17.0 Å². The fourth-order valence-electron chi connectivity index (χ4n) is 2.03. The van der Waals surface area contributed by atoms with Gasteiger partial charge in [-0.1, -0.05) is 23.7 Å². The lowest BCUT2D eigenvalue weighted by Crippen LogP contribution is -2.00. The van der Waals surface area contributed by atoms with Crippen molar-refractivity contribution in [2.75, 3.05) is 7.11 Å². The van der Waals surface area contributed by atoms with E-state index in [1.54, 1.807) is 0 Å². The predicted octanol–water partition coefficient (Wildman–Crippen LogP) is 2.46. The van der Waals surface area contributed by atoms with Gasteiger partial charge in [0.15, 0.2) is 5.69 Å². The van der Waals surface area contributed by atoms with Crippen molar-refractivity contribution in [3.8, 4) is 5.95 Å². The molecule has 0 aliphatic carbocycles. The highest BCUT2D eigenvalue weighted by atomic mass is 35.5. The molecule has 0 bridgehead atoms. The van der Waals surface area contributed by atoms with Crippen molar-refractivity contribution in [3.05, 3.63) is 45.2 Å². The van der Waals surface area contributed by atoms with Gasteiger partial charge >= 0.3 is 5.69 Å². The summed E-state index contributed by atoms with van der Waals surface area (Å²) in [6, 6.07) is 7.36. The molecule has 0 saturated heterocycles. The third kappa shape index (κ3) is 2.24. The first kappa shape index (κ1) is 13.5. The van der Waals surface area contributed by atoms with Gasteiger partial charge in [0.2, 0.25) is 11.1 Å². The number of hydrogen-bond donors (Lipinski definition) is 1. The van der Waals surface area contributed by atoms with Crippen LogP contribution < -0.4 is 0 Å². The Bertz CT molecular complexity index is 793. The number of nitro groups is 1. The van der Waals surface area contributed by atoms with E-state index in [1.165, 1.54) is 11.8 Å². The summed E-state index contributed by atoms with van der Waals surface area (Å²) in [5.41, 5.74) is 1.37. The minimum Gasteiger partial charge on any atom is -0.378 e. The molecule has 1 N–H and O–H groups in total. The van der Waals surface area contributed by atoms with Crippen molar-refractivity contribution in [2.45, 2.75) is 6.61 Å². The molecule has 21 heavy (non-hydrogen) atoms. The first-order chi connectivity index (χ1) is 10.1. The Labute approximate surface area is 123 Å². The molecule has 3 rings (SSSR count). The number of nitrogens with one attached hydrogen (secondary N) is 1. The number of ether oxygens (including phenoxy) is 1. The van der Waals surface area contributed by atoms with Gasteiger partial charge in [0.1, 0.15) is 0 Å². The molecule has 0 atom stereocenters. The van der Waals surface area contributed by atoms with Crippen LogP contribution in [0.3, 0.4) is 0 Å². The Morgan fingerprint density at radius 1 is 1.48 bits per heavy atom. The topological polar surface area (TPSA) is 98.9 Å². The normalized spacial score (nSPS) is 11.1. The molecule has 0 saturated carbocycles. The number of halogens is 1. The number of para-hydroxylation sites is 2. The first-order valence-corrected chi connectivity index (χ1v) is 6.35. The molecule has 8 nitrogen and oxygen atoms in total. The van der Waals surface area contributed by atoms with Gasteiger partial charge in [-0.2, -0.15) is 9.78 Å². The number of H-pyrrole nitrogens is 1. The molecule has 0 aliphatic heterocycles. The van der Waals surface area contributed by atoms with Gasteiger partial charge in [0.25, 0.3) is 0 Å². The van der Waals surface area contributed by atoms with Gasteiger partial charge in [-0.3, -0.25) is 10.1 Å². The summed E-state index contributed by atoms with van der Waals surface area (Å²) < 4.78 is 6.11. The average molecular weight is 308 g/mol. The second-order valence-electron chi connectivity index (χ2n) is 4.27. The van der Waals surface area contributed by atoms with E-state index in [9.17, 15) is 10.1 Å². The number of aromatic amines is 1. The van der Waals surface area contributed by atoms with Crippen LogP contribution in [0.5, 0.6) is 0 Å². The molecule has 9 heteroatoms. The molecular weight excluding hydrogens is 298 g/mol. The lowest BCUT2D eigenvalue weighted by atomic mass is 10.3. The van der Waals surface area contributed by atoms with Crippen molar-refractivity contribution in [3.63, 3.8) is 0 Å². The Morgan fingerprint density at radius 3 is 2.90 bits per heavy atom. The lowest BCUT2D eigenvalue weighted by molar-refractivity contribution is -0.385. The smallest absolute Gasteiger partial charge is 0.332 e. The van der Waals surface area contributed by atoms with Gasteiger partial charge in [-0.15, -0.1) is 0 Å². The average Bonchev–Trinajstić information content (AvgIpc) is 3.00. The molecule has 108 valence electrons. The fourth-order valence-corrected chi connectivity index (χ4v) is 2.32. The zero-order chi connectivity index (χ0) is 15.0. The molecule has 1 aromatic carbocycles. The van der Waals surface area contributed by atoms with Crippen LogP contribution >= 0.6 is 11.6 Å². The van der Waals surface area contributed by atoms with Crippen LogP contribution in [0.2, 0.25) is 5.15 Å². The Hall–Kier alpha value is -2.45. The number of fused-ring (bicyclic) bond motifs is 1. The zero-order valence-corrected chi connectivity index (χ0v) is 11.7. The summed E-state index contributed by atoms with van der Waals surface area (Å²) in [6.45, 7) is -0.0107. The highest BCUT2D eigenvalue weighted by molar-refractivity contribution is 6.32. The molecular formula is C12H10ClN5O3. The molecule has 3 aromatic rings. The predicted molar refractivity (Wildman–Crippen MR) is 75.6 cm³/mol. The van der Waals surface area contributed by atoms with E-state index in [2.05, 4.69) is 15.1 Å². The zero-order valence-electron chi connectivity index (χ0n) is 10.9. The third-order valence-electron chi connectivity index (χ3n) is 2.92. The largest absolute Gasteiger partial charge is 0.378 e. The molecule has 0 aliphatic rings. The van der Waals surface area contributed by atoms with Crippen LogP contribution in [0.15, 0.2) is 24.3 Å². The SMILES string of the molecule is COCc1nn(-c2nc3ccccc3[nH]2)c(Cl)c1[N+](=O)[O-]. The van der Waals surface area contributed by atoms with Crippen LogP contribution in [0, 0.1) is 10.1 Å². The van der Waals surface area contributed by atoms with Gasteiger partial charge < -0.3 is 9.72 Å². The minimum atomic E-state index is -0.581. The Kier molecular flexibility index (Phi) is 3.32. The second-order valence-corrected chi connectivity index (χ2v) is 4.62. The number of imidazole rings is 1. The monoisotopic (exact) mass is 307 g/mol. The van der Waals surface area contributed by atoms with Crippen molar-refractivity contribution in [1.29, 1.82) is 0 Å². The van der Waals surface area contributed by atoms with Crippen LogP contribution in [-0.4, -0.2) is 31.8 Å². The van der Waals surface area contributed by atoms with Crippen molar-refractivity contribution in [1.82, 2.24) is 19.7 Å². The van der Waals surface area contributed by atoms with E-state index in [4.69, 9.17) is 16.3 Å². The molecule has 0 amide bonds. The molecule has 0 fully saturated rings. The van der Waals surface area contributed by atoms with Crippen molar-refractivity contribution < 1.29 is 9.66 Å². The van der Waals surface area contributed by atoms with E-state index >= 15 is 0 Å². The maximum atomic E-state index is 11.1. The summed E-state index contributed by atoms with van der Waals surface area (Å²) in [5.74, 6) is 0.312. The maximum Gasteiger partial charge on any atom is 0.332 e. The highest BCUT2D eigenvalue weighted by Gasteiger charge is 2.28. The maximum absolute atomic E-state index is 11.1. The number of benzene rings is 1. The van der Waals surface area contributed by atoms with Crippen molar-refractivity contribution >= 4 is 28.3 Å². The van der Waals surface area contributed by atoms with Crippen molar-refractivity contribution in [2.24, 2.45) is 0 Å². The van der Waals surface area contributed by atoms with E-state index in [0.29, 0.717) is 5.95 Å². The second kappa shape index (κ2) is 5.15.